The third-order valence-corrected chi connectivity index (χ3v) is 3.56. The number of ether oxygens (including phenoxy) is 1. The molecular formula is C17H17FN2O2. The first kappa shape index (κ1) is 14.5. The van der Waals surface area contributed by atoms with Crippen molar-refractivity contribution in [2.45, 2.75) is 0 Å². The molecular weight excluding hydrogens is 283 g/mol. The zero-order valence-corrected chi connectivity index (χ0v) is 12.1. The van der Waals surface area contributed by atoms with Crippen LogP contribution in [0.25, 0.3) is 0 Å². The predicted molar refractivity (Wildman–Crippen MR) is 82.8 cm³/mol. The topological polar surface area (TPSA) is 41.6 Å². The number of rotatable bonds is 3. The van der Waals surface area contributed by atoms with Gasteiger partial charge in [0.05, 0.1) is 24.5 Å². The number of carbonyl (C=O) groups excluding carboxylic acids is 1. The lowest BCUT2D eigenvalue weighted by Crippen LogP contribution is -2.40. The Balaban J connectivity index is 1.88. The molecule has 22 heavy (non-hydrogen) atoms. The maximum Gasteiger partial charge on any atom is 0.256 e. The zero-order valence-electron chi connectivity index (χ0n) is 12.1. The molecule has 0 unspecified atom stereocenters. The van der Waals surface area contributed by atoms with Crippen LogP contribution in [-0.2, 0) is 4.74 Å². The van der Waals surface area contributed by atoms with Crippen LogP contribution in [0.2, 0.25) is 0 Å². The average Bonchev–Trinajstić information content (AvgIpc) is 2.57. The van der Waals surface area contributed by atoms with Gasteiger partial charge in [-0.25, -0.2) is 4.39 Å². The van der Waals surface area contributed by atoms with E-state index in [0.29, 0.717) is 37.6 Å². The molecule has 0 atom stereocenters. The molecule has 0 aliphatic carbocycles. The third kappa shape index (κ3) is 3.26. The third-order valence-electron chi connectivity index (χ3n) is 3.56. The molecule has 4 nitrogen and oxygen atoms in total. The van der Waals surface area contributed by atoms with Crippen LogP contribution in [-0.4, -0.2) is 37.1 Å². The lowest BCUT2D eigenvalue weighted by atomic mass is 10.1. The minimum atomic E-state index is -0.421. The second-order valence-corrected chi connectivity index (χ2v) is 5.09. The van der Waals surface area contributed by atoms with Gasteiger partial charge < -0.3 is 15.0 Å². The van der Waals surface area contributed by atoms with Crippen LogP contribution in [0.4, 0.5) is 15.8 Å². The molecule has 1 aliphatic heterocycles. The highest BCUT2D eigenvalue weighted by Crippen LogP contribution is 2.23. The summed E-state index contributed by atoms with van der Waals surface area (Å²) in [6.07, 6.45) is 0. The lowest BCUT2D eigenvalue weighted by molar-refractivity contribution is 0.0303. The van der Waals surface area contributed by atoms with E-state index in [1.54, 1.807) is 11.0 Å². The average molecular weight is 300 g/mol. The van der Waals surface area contributed by atoms with E-state index >= 15 is 0 Å². The van der Waals surface area contributed by atoms with E-state index in [1.807, 2.05) is 30.3 Å². The van der Waals surface area contributed by atoms with Crippen LogP contribution in [0, 0.1) is 5.82 Å². The minimum absolute atomic E-state index is 0.179. The van der Waals surface area contributed by atoms with Gasteiger partial charge in [-0.3, -0.25) is 4.79 Å². The number of morpholine rings is 1. The molecule has 1 saturated heterocycles. The van der Waals surface area contributed by atoms with Gasteiger partial charge in [0, 0.05) is 18.8 Å². The number of anilines is 2. The van der Waals surface area contributed by atoms with Crippen LogP contribution in [0.1, 0.15) is 10.4 Å². The van der Waals surface area contributed by atoms with E-state index in [0.717, 1.165) is 5.69 Å². The van der Waals surface area contributed by atoms with Crippen molar-refractivity contribution in [3.05, 3.63) is 59.9 Å². The quantitative estimate of drug-likeness (QED) is 0.947. The fourth-order valence-corrected chi connectivity index (χ4v) is 2.42. The smallest absolute Gasteiger partial charge is 0.256 e. The molecule has 1 amide bonds. The number of hydrogen-bond donors (Lipinski definition) is 1. The summed E-state index contributed by atoms with van der Waals surface area (Å²) in [6, 6.07) is 13.7. The summed E-state index contributed by atoms with van der Waals surface area (Å²) in [6.45, 7) is 2.09. The van der Waals surface area contributed by atoms with Gasteiger partial charge in [-0.15, -0.1) is 0 Å². The molecule has 1 aliphatic rings. The van der Waals surface area contributed by atoms with Crippen molar-refractivity contribution < 1.29 is 13.9 Å². The van der Waals surface area contributed by atoms with E-state index in [-0.39, 0.29) is 5.91 Å². The number of benzene rings is 2. The molecule has 2 aromatic rings. The summed E-state index contributed by atoms with van der Waals surface area (Å²) in [5.74, 6) is -0.601. The fraction of sp³-hybridized carbons (Fsp3) is 0.235. The first-order valence-electron chi connectivity index (χ1n) is 7.23. The van der Waals surface area contributed by atoms with Crippen LogP contribution in [0.15, 0.2) is 48.5 Å². The van der Waals surface area contributed by atoms with E-state index in [2.05, 4.69) is 5.32 Å². The predicted octanol–water partition coefficient (Wildman–Crippen LogP) is 3.04. The van der Waals surface area contributed by atoms with Crippen molar-refractivity contribution in [3.63, 3.8) is 0 Å². The molecule has 0 aromatic heterocycles. The van der Waals surface area contributed by atoms with E-state index in [1.165, 1.54) is 12.1 Å². The van der Waals surface area contributed by atoms with Crippen LogP contribution in [0.5, 0.6) is 0 Å². The Kier molecular flexibility index (Phi) is 4.34. The first-order chi connectivity index (χ1) is 10.7. The van der Waals surface area contributed by atoms with Crippen molar-refractivity contribution in [2.75, 3.05) is 31.6 Å². The normalized spacial score (nSPS) is 14.7. The first-order valence-corrected chi connectivity index (χ1v) is 7.23. The zero-order chi connectivity index (χ0) is 15.4. The van der Waals surface area contributed by atoms with Gasteiger partial charge in [-0.2, -0.15) is 0 Å². The second-order valence-electron chi connectivity index (χ2n) is 5.09. The summed E-state index contributed by atoms with van der Waals surface area (Å²) < 4.78 is 18.8. The van der Waals surface area contributed by atoms with Gasteiger partial charge in [0.15, 0.2) is 0 Å². The van der Waals surface area contributed by atoms with Crippen molar-refractivity contribution in [3.8, 4) is 0 Å². The number of amides is 1. The van der Waals surface area contributed by atoms with Crippen LogP contribution in [0.3, 0.4) is 0 Å². The van der Waals surface area contributed by atoms with Crippen molar-refractivity contribution >= 4 is 17.3 Å². The Morgan fingerprint density at radius 3 is 2.55 bits per heavy atom. The molecule has 0 spiro atoms. The van der Waals surface area contributed by atoms with Crippen molar-refractivity contribution in [1.82, 2.24) is 4.90 Å². The molecule has 0 bridgehead atoms. The second kappa shape index (κ2) is 6.58. The van der Waals surface area contributed by atoms with E-state index < -0.39 is 5.82 Å². The van der Waals surface area contributed by atoms with Gasteiger partial charge in [-0.1, -0.05) is 18.2 Å². The molecule has 1 heterocycles. The summed E-state index contributed by atoms with van der Waals surface area (Å²) in [7, 11) is 0. The molecule has 2 aromatic carbocycles. The maximum absolute atomic E-state index is 13.6. The highest BCUT2D eigenvalue weighted by Gasteiger charge is 2.21. The van der Waals surface area contributed by atoms with Gasteiger partial charge in [0.1, 0.15) is 5.82 Å². The van der Waals surface area contributed by atoms with Crippen LogP contribution >= 0.6 is 0 Å². The summed E-state index contributed by atoms with van der Waals surface area (Å²) >= 11 is 0. The Hall–Kier alpha value is -2.40. The highest BCUT2D eigenvalue weighted by molar-refractivity contribution is 6.00. The molecule has 3 rings (SSSR count). The summed E-state index contributed by atoms with van der Waals surface area (Å²) in [4.78, 5) is 14.3. The molecule has 1 fully saturated rings. The molecule has 114 valence electrons. The van der Waals surface area contributed by atoms with Gasteiger partial charge in [0.2, 0.25) is 0 Å². The number of halogens is 1. The Labute approximate surface area is 128 Å². The molecule has 1 N–H and O–H groups in total. The number of carbonyl (C=O) groups is 1. The largest absolute Gasteiger partial charge is 0.378 e. The number of para-hydroxylation sites is 1. The number of hydrogen-bond acceptors (Lipinski definition) is 3. The molecule has 0 saturated carbocycles. The SMILES string of the molecule is O=C(c1cc(F)ccc1Nc1ccccc1)N1CCOCC1. The Morgan fingerprint density at radius 2 is 1.82 bits per heavy atom. The van der Waals surface area contributed by atoms with Crippen molar-refractivity contribution in [2.24, 2.45) is 0 Å². The van der Waals surface area contributed by atoms with E-state index in [9.17, 15) is 9.18 Å². The van der Waals surface area contributed by atoms with Gasteiger partial charge >= 0.3 is 0 Å². The van der Waals surface area contributed by atoms with Gasteiger partial charge in [0.25, 0.3) is 5.91 Å². The number of nitrogens with one attached hydrogen (secondary N) is 1. The summed E-state index contributed by atoms with van der Waals surface area (Å²) in [5.41, 5.74) is 1.79. The monoisotopic (exact) mass is 300 g/mol. The highest BCUT2D eigenvalue weighted by atomic mass is 19.1. The standard InChI is InChI=1S/C17H17FN2O2/c18-13-6-7-16(19-14-4-2-1-3-5-14)15(12-13)17(21)20-8-10-22-11-9-20/h1-7,12,19H,8-11H2. The Morgan fingerprint density at radius 1 is 1.09 bits per heavy atom. The fourth-order valence-electron chi connectivity index (χ4n) is 2.42. The lowest BCUT2D eigenvalue weighted by Gasteiger charge is -2.27. The van der Waals surface area contributed by atoms with Gasteiger partial charge in [-0.05, 0) is 30.3 Å². The molecule has 5 heteroatoms. The number of nitrogens with zero attached hydrogens (tertiary/aromatic N) is 1. The Bertz CT molecular complexity index is 655. The van der Waals surface area contributed by atoms with E-state index in [4.69, 9.17) is 4.74 Å². The van der Waals surface area contributed by atoms with Crippen LogP contribution < -0.4 is 5.32 Å². The maximum atomic E-state index is 13.6. The van der Waals surface area contributed by atoms with Crippen molar-refractivity contribution in [1.29, 1.82) is 0 Å². The molecule has 0 radical (unpaired) electrons. The summed E-state index contributed by atoms with van der Waals surface area (Å²) in [5, 5.41) is 3.17. The minimum Gasteiger partial charge on any atom is -0.378 e.